The molecule has 0 saturated heterocycles. The smallest absolute Gasteiger partial charge is 0.322 e. The summed E-state index contributed by atoms with van der Waals surface area (Å²) in [6.07, 6.45) is 1.50. The molecule has 0 atom stereocenters. The van der Waals surface area contributed by atoms with Gasteiger partial charge in [-0.1, -0.05) is 0 Å². The van der Waals surface area contributed by atoms with E-state index in [1.54, 1.807) is 0 Å². The highest BCUT2D eigenvalue weighted by Crippen LogP contribution is 2.05. The van der Waals surface area contributed by atoms with Crippen LogP contribution in [0, 0.1) is 0 Å². The highest BCUT2D eigenvalue weighted by Gasteiger charge is 2.13. The Morgan fingerprint density at radius 1 is 0.778 bits per heavy atom. The lowest BCUT2D eigenvalue weighted by Gasteiger charge is -2.02. The summed E-state index contributed by atoms with van der Waals surface area (Å²) in [6, 6.07) is 0. The lowest BCUT2D eigenvalue weighted by atomic mass is 10.2. The van der Waals surface area contributed by atoms with Gasteiger partial charge in [-0.25, -0.2) is 0 Å². The molecule has 0 bridgehead atoms. The third kappa shape index (κ3) is 11.3. The van der Waals surface area contributed by atoms with Gasteiger partial charge in [0.1, 0.15) is 0 Å². The van der Waals surface area contributed by atoms with Crippen LogP contribution in [0.4, 0.5) is 0 Å². The Labute approximate surface area is 106 Å². The summed E-state index contributed by atoms with van der Waals surface area (Å²) in [5, 5.41) is 0. The molecular weight excluding hydrogens is 288 g/mol. The standard InChI is InChI=1S/C8H14O8S2/c1-17(11,12)15-7(9)5-3-4-6-8(10)16-18(2,13)14/h3-6H2,1-2H3. The van der Waals surface area contributed by atoms with Crippen LogP contribution in [0.25, 0.3) is 0 Å². The molecular formula is C8H14O8S2. The number of unbranched alkanes of at least 4 members (excludes halogenated alkanes) is 1. The molecule has 8 nitrogen and oxygen atoms in total. The van der Waals surface area contributed by atoms with Gasteiger partial charge in [0.05, 0.1) is 12.5 Å². The van der Waals surface area contributed by atoms with E-state index in [1.165, 1.54) is 0 Å². The van der Waals surface area contributed by atoms with Gasteiger partial charge < -0.3 is 8.37 Å². The highest BCUT2D eigenvalue weighted by atomic mass is 32.2. The zero-order chi connectivity index (χ0) is 14.4. The Morgan fingerprint density at radius 3 is 1.28 bits per heavy atom. The van der Waals surface area contributed by atoms with Crippen LogP contribution in [-0.2, 0) is 38.2 Å². The van der Waals surface area contributed by atoms with Crippen molar-refractivity contribution >= 4 is 32.2 Å². The second-order valence-corrected chi connectivity index (χ2v) is 6.68. The van der Waals surface area contributed by atoms with Crippen LogP contribution >= 0.6 is 0 Å². The average molecular weight is 302 g/mol. The predicted molar refractivity (Wildman–Crippen MR) is 60.3 cm³/mol. The molecule has 0 aliphatic heterocycles. The van der Waals surface area contributed by atoms with Gasteiger partial charge in [0.2, 0.25) is 0 Å². The van der Waals surface area contributed by atoms with Crippen molar-refractivity contribution < 1.29 is 34.8 Å². The van der Waals surface area contributed by atoms with Crippen LogP contribution in [-0.4, -0.2) is 41.3 Å². The summed E-state index contributed by atoms with van der Waals surface area (Å²) in [4.78, 5) is 21.8. The molecule has 0 aliphatic carbocycles. The van der Waals surface area contributed by atoms with Crippen molar-refractivity contribution in [3.05, 3.63) is 0 Å². The lowest BCUT2D eigenvalue weighted by Crippen LogP contribution is -2.12. The van der Waals surface area contributed by atoms with Gasteiger partial charge in [-0.2, -0.15) is 16.8 Å². The summed E-state index contributed by atoms with van der Waals surface area (Å²) in [7, 11) is -7.64. The summed E-state index contributed by atoms with van der Waals surface area (Å²) < 4.78 is 50.3. The molecule has 10 heteroatoms. The van der Waals surface area contributed by atoms with Crippen molar-refractivity contribution in [2.45, 2.75) is 25.7 Å². The molecule has 0 aromatic carbocycles. The summed E-state index contributed by atoms with van der Waals surface area (Å²) in [5.74, 6) is -1.84. The van der Waals surface area contributed by atoms with E-state index >= 15 is 0 Å². The van der Waals surface area contributed by atoms with Gasteiger partial charge in [0.15, 0.2) is 0 Å². The molecule has 0 fully saturated rings. The topological polar surface area (TPSA) is 121 Å². The fourth-order valence-electron chi connectivity index (χ4n) is 0.960. The second-order valence-electron chi connectivity index (χ2n) is 3.53. The first kappa shape index (κ1) is 16.8. The van der Waals surface area contributed by atoms with Crippen LogP contribution in [0.3, 0.4) is 0 Å². The molecule has 0 saturated carbocycles. The molecule has 0 heterocycles. The summed E-state index contributed by atoms with van der Waals surface area (Å²) >= 11 is 0. The zero-order valence-electron chi connectivity index (χ0n) is 9.91. The molecule has 106 valence electrons. The van der Waals surface area contributed by atoms with E-state index in [2.05, 4.69) is 8.37 Å². The Morgan fingerprint density at radius 2 is 1.06 bits per heavy atom. The fraction of sp³-hybridized carbons (Fsp3) is 0.750. The van der Waals surface area contributed by atoms with Crippen molar-refractivity contribution in [3.8, 4) is 0 Å². The highest BCUT2D eigenvalue weighted by molar-refractivity contribution is 7.86. The number of hydrogen-bond acceptors (Lipinski definition) is 8. The first-order valence-corrected chi connectivity index (χ1v) is 8.47. The Kier molecular flexibility index (Phi) is 6.26. The van der Waals surface area contributed by atoms with Crippen molar-refractivity contribution in [1.29, 1.82) is 0 Å². The van der Waals surface area contributed by atoms with Gasteiger partial charge in [0.25, 0.3) is 0 Å². The Bertz CT molecular complexity index is 453. The molecule has 18 heavy (non-hydrogen) atoms. The number of carbonyl (C=O) groups excluding carboxylic acids is 2. The third-order valence-corrected chi connectivity index (χ3v) is 2.48. The molecule has 0 amide bonds. The number of rotatable bonds is 7. The van der Waals surface area contributed by atoms with E-state index in [9.17, 15) is 26.4 Å². The lowest BCUT2D eigenvalue weighted by molar-refractivity contribution is -0.136. The van der Waals surface area contributed by atoms with Crippen molar-refractivity contribution in [1.82, 2.24) is 0 Å². The Balaban J connectivity index is 3.82. The van der Waals surface area contributed by atoms with Gasteiger partial charge in [0, 0.05) is 12.8 Å². The SMILES string of the molecule is CS(=O)(=O)OC(=O)CCCCC(=O)OS(C)(=O)=O. The molecule has 0 radical (unpaired) electrons. The maximum atomic E-state index is 10.9. The second kappa shape index (κ2) is 6.69. The normalized spacial score (nSPS) is 11.9. The van der Waals surface area contributed by atoms with Gasteiger partial charge >= 0.3 is 32.2 Å². The van der Waals surface area contributed by atoms with Crippen LogP contribution in [0.1, 0.15) is 25.7 Å². The average Bonchev–Trinajstić information content (AvgIpc) is 2.06. The minimum atomic E-state index is -3.82. The molecule has 0 aliphatic rings. The van der Waals surface area contributed by atoms with Crippen LogP contribution in [0.2, 0.25) is 0 Å². The summed E-state index contributed by atoms with van der Waals surface area (Å²) in [6.45, 7) is 0. The molecule has 0 unspecified atom stereocenters. The first-order valence-electron chi connectivity index (χ1n) is 4.84. The Hall–Kier alpha value is -1.16. The van der Waals surface area contributed by atoms with Crippen molar-refractivity contribution in [3.63, 3.8) is 0 Å². The van der Waals surface area contributed by atoms with E-state index in [0.29, 0.717) is 0 Å². The van der Waals surface area contributed by atoms with E-state index in [-0.39, 0.29) is 25.7 Å². The quantitative estimate of drug-likeness (QED) is 0.458. The minimum absolute atomic E-state index is 0.181. The van der Waals surface area contributed by atoms with E-state index in [4.69, 9.17) is 0 Å². The van der Waals surface area contributed by atoms with E-state index in [1.807, 2.05) is 0 Å². The largest absolute Gasteiger partial charge is 0.346 e. The van der Waals surface area contributed by atoms with Crippen LogP contribution in [0.5, 0.6) is 0 Å². The monoisotopic (exact) mass is 302 g/mol. The maximum Gasteiger partial charge on any atom is 0.322 e. The van der Waals surface area contributed by atoms with Crippen molar-refractivity contribution in [2.75, 3.05) is 12.5 Å². The fourth-order valence-corrected chi connectivity index (χ4v) is 1.80. The van der Waals surface area contributed by atoms with Crippen LogP contribution in [0.15, 0.2) is 0 Å². The van der Waals surface area contributed by atoms with Crippen LogP contribution < -0.4 is 0 Å². The molecule has 0 N–H and O–H groups in total. The zero-order valence-corrected chi connectivity index (χ0v) is 11.5. The summed E-state index contributed by atoms with van der Waals surface area (Å²) in [5.41, 5.74) is 0. The molecule has 0 aromatic rings. The molecule has 0 aromatic heterocycles. The number of carbonyl (C=O) groups is 2. The first-order chi connectivity index (χ1) is 7.99. The van der Waals surface area contributed by atoms with Gasteiger partial charge in [-0.05, 0) is 12.8 Å². The van der Waals surface area contributed by atoms with Gasteiger partial charge in [-0.15, -0.1) is 0 Å². The van der Waals surface area contributed by atoms with Crippen molar-refractivity contribution in [2.24, 2.45) is 0 Å². The molecule has 0 spiro atoms. The maximum absolute atomic E-state index is 10.9. The number of hydrogen-bond donors (Lipinski definition) is 0. The van der Waals surface area contributed by atoms with Gasteiger partial charge in [-0.3, -0.25) is 9.59 Å². The minimum Gasteiger partial charge on any atom is -0.346 e. The predicted octanol–water partition coefficient (Wildman–Crippen LogP) is -0.448. The molecule has 0 rings (SSSR count). The van der Waals surface area contributed by atoms with E-state index in [0.717, 1.165) is 12.5 Å². The van der Waals surface area contributed by atoms with E-state index < -0.39 is 32.2 Å². The third-order valence-electron chi connectivity index (χ3n) is 1.50.